The number of anilines is 1. The maximum atomic E-state index is 12.2. The molecule has 0 aromatic heterocycles. The number of ether oxygens (including phenoxy) is 4. The molecule has 8 heteroatoms. The Morgan fingerprint density at radius 1 is 1.25 bits per heavy atom. The molecule has 7 nitrogen and oxygen atoms in total. The lowest BCUT2D eigenvalue weighted by molar-refractivity contribution is -0.148. The van der Waals surface area contributed by atoms with Gasteiger partial charge in [0.2, 0.25) is 6.79 Å². The van der Waals surface area contributed by atoms with Gasteiger partial charge in [0.15, 0.2) is 17.6 Å². The van der Waals surface area contributed by atoms with Gasteiger partial charge in [0.05, 0.1) is 12.1 Å². The van der Waals surface area contributed by atoms with E-state index in [2.05, 4.69) is 5.32 Å². The number of benzene rings is 2. The molecule has 0 unspecified atom stereocenters. The zero-order valence-corrected chi connectivity index (χ0v) is 16.0. The van der Waals surface area contributed by atoms with E-state index in [-0.39, 0.29) is 6.79 Å². The Labute approximate surface area is 166 Å². The van der Waals surface area contributed by atoms with E-state index in [0.29, 0.717) is 33.5 Å². The van der Waals surface area contributed by atoms with Crippen molar-refractivity contribution >= 4 is 35.2 Å². The summed E-state index contributed by atoms with van der Waals surface area (Å²) in [4.78, 5) is 24.2. The zero-order chi connectivity index (χ0) is 20.1. The summed E-state index contributed by atoms with van der Waals surface area (Å²) in [7, 11) is 1.53. The van der Waals surface area contributed by atoms with E-state index in [9.17, 15) is 9.59 Å². The Morgan fingerprint density at radius 2 is 2.07 bits per heavy atom. The normalized spacial score (nSPS) is 13.2. The van der Waals surface area contributed by atoms with Crippen LogP contribution in [0.2, 0.25) is 5.02 Å². The van der Waals surface area contributed by atoms with Crippen LogP contribution in [0.15, 0.2) is 42.5 Å². The van der Waals surface area contributed by atoms with Gasteiger partial charge in [-0.1, -0.05) is 17.7 Å². The minimum Gasteiger partial charge on any atom is -0.497 e. The number of hydrogen-bond donors (Lipinski definition) is 1. The fourth-order valence-corrected chi connectivity index (χ4v) is 2.73. The van der Waals surface area contributed by atoms with E-state index in [1.54, 1.807) is 36.4 Å². The van der Waals surface area contributed by atoms with Crippen molar-refractivity contribution in [1.82, 2.24) is 0 Å². The molecule has 1 aliphatic heterocycles. The molecule has 2 aromatic rings. The second kappa shape index (κ2) is 8.67. The molecule has 0 radical (unpaired) electrons. The van der Waals surface area contributed by atoms with Crippen molar-refractivity contribution in [3.63, 3.8) is 0 Å². The number of amides is 1. The van der Waals surface area contributed by atoms with Crippen LogP contribution in [0.3, 0.4) is 0 Å². The Balaban J connectivity index is 1.57. The summed E-state index contributed by atoms with van der Waals surface area (Å²) in [6.07, 6.45) is 1.75. The third-order valence-electron chi connectivity index (χ3n) is 3.86. The van der Waals surface area contributed by atoms with Gasteiger partial charge in [0.25, 0.3) is 5.91 Å². The fraction of sp³-hybridized carbons (Fsp3) is 0.200. The van der Waals surface area contributed by atoms with Crippen LogP contribution in [0.25, 0.3) is 6.08 Å². The maximum absolute atomic E-state index is 12.2. The highest BCUT2D eigenvalue weighted by atomic mass is 35.5. The first-order valence-electron chi connectivity index (χ1n) is 8.39. The maximum Gasteiger partial charge on any atom is 0.331 e. The predicted molar refractivity (Wildman–Crippen MR) is 104 cm³/mol. The third kappa shape index (κ3) is 4.75. The molecule has 0 saturated heterocycles. The van der Waals surface area contributed by atoms with Crippen molar-refractivity contribution in [2.45, 2.75) is 13.0 Å². The van der Waals surface area contributed by atoms with Crippen molar-refractivity contribution in [3.05, 3.63) is 53.1 Å². The van der Waals surface area contributed by atoms with Crippen LogP contribution in [-0.4, -0.2) is 31.9 Å². The van der Waals surface area contributed by atoms with Crippen LogP contribution >= 0.6 is 11.6 Å². The lowest BCUT2D eigenvalue weighted by atomic mass is 10.2. The van der Waals surface area contributed by atoms with Crippen LogP contribution in [-0.2, 0) is 14.3 Å². The second-order valence-corrected chi connectivity index (χ2v) is 6.28. The van der Waals surface area contributed by atoms with Gasteiger partial charge >= 0.3 is 5.97 Å². The molecule has 0 bridgehead atoms. The molecule has 1 N–H and O–H groups in total. The van der Waals surface area contributed by atoms with Crippen LogP contribution in [0.1, 0.15) is 12.5 Å². The van der Waals surface area contributed by atoms with Gasteiger partial charge < -0.3 is 24.3 Å². The monoisotopic (exact) mass is 403 g/mol. The number of carbonyl (C=O) groups excluding carboxylic acids is 2. The first kappa shape index (κ1) is 19.6. The van der Waals surface area contributed by atoms with Crippen molar-refractivity contribution in [2.75, 3.05) is 19.2 Å². The molecule has 0 fully saturated rings. The molecule has 1 aliphatic rings. The van der Waals surface area contributed by atoms with Gasteiger partial charge in [0, 0.05) is 17.8 Å². The Kier molecular flexibility index (Phi) is 6.06. The molecular formula is C20H18ClNO6. The zero-order valence-electron chi connectivity index (χ0n) is 15.2. The van der Waals surface area contributed by atoms with Gasteiger partial charge in [-0.05, 0) is 42.8 Å². The number of fused-ring (bicyclic) bond motifs is 1. The van der Waals surface area contributed by atoms with Crippen LogP contribution in [0.4, 0.5) is 5.69 Å². The second-order valence-electron chi connectivity index (χ2n) is 5.87. The van der Waals surface area contributed by atoms with Gasteiger partial charge in [0.1, 0.15) is 5.75 Å². The highest BCUT2D eigenvalue weighted by molar-refractivity contribution is 6.32. The van der Waals surface area contributed by atoms with E-state index in [1.165, 1.54) is 26.2 Å². The van der Waals surface area contributed by atoms with Crippen molar-refractivity contribution in [1.29, 1.82) is 0 Å². The SMILES string of the molecule is COc1cccc(NC(=O)[C@H](C)OC(=O)/C=C/c2cc(Cl)c3c(c2)OCO3)c1. The smallest absolute Gasteiger partial charge is 0.331 e. The molecular weight excluding hydrogens is 386 g/mol. The predicted octanol–water partition coefficient (Wildman–Crippen LogP) is 3.66. The van der Waals surface area contributed by atoms with E-state index in [4.69, 9.17) is 30.5 Å². The minimum absolute atomic E-state index is 0.101. The molecule has 0 aliphatic carbocycles. The molecule has 1 amide bonds. The van der Waals surface area contributed by atoms with E-state index in [1.807, 2.05) is 0 Å². The van der Waals surface area contributed by atoms with Gasteiger partial charge in [-0.25, -0.2) is 4.79 Å². The first-order valence-corrected chi connectivity index (χ1v) is 8.77. The molecule has 1 heterocycles. The number of nitrogens with one attached hydrogen (secondary N) is 1. The van der Waals surface area contributed by atoms with Crippen LogP contribution < -0.4 is 19.5 Å². The standard InChI is InChI=1S/C20H18ClNO6/c1-12(20(24)22-14-4-3-5-15(10-14)25-2)28-18(23)7-6-13-8-16(21)19-17(9-13)26-11-27-19/h3-10,12H,11H2,1-2H3,(H,22,24)/b7-6+/t12-/m0/s1. The summed E-state index contributed by atoms with van der Waals surface area (Å²) in [5.41, 5.74) is 1.18. The molecule has 1 atom stereocenters. The summed E-state index contributed by atoms with van der Waals surface area (Å²) < 4.78 is 20.7. The topological polar surface area (TPSA) is 83.1 Å². The van der Waals surface area contributed by atoms with Crippen molar-refractivity contribution in [3.8, 4) is 17.2 Å². The molecule has 3 rings (SSSR count). The number of halogens is 1. The summed E-state index contributed by atoms with van der Waals surface area (Å²) >= 11 is 6.10. The number of methoxy groups -OCH3 is 1. The van der Waals surface area contributed by atoms with Crippen molar-refractivity contribution < 1.29 is 28.5 Å². The molecule has 0 saturated carbocycles. The number of hydrogen-bond acceptors (Lipinski definition) is 6. The molecule has 28 heavy (non-hydrogen) atoms. The Morgan fingerprint density at radius 3 is 2.86 bits per heavy atom. The first-order chi connectivity index (χ1) is 13.5. The lowest BCUT2D eigenvalue weighted by Crippen LogP contribution is -2.29. The highest BCUT2D eigenvalue weighted by Gasteiger charge is 2.19. The van der Waals surface area contributed by atoms with E-state index >= 15 is 0 Å². The lowest BCUT2D eigenvalue weighted by Gasteiger charge is -2.13. The summed E-state index contributed by atoms with van der Waals surface area (Å²) in [6, 6.07) is 10.2. The Bertz CT molecular complexity index is 927. The number of carbonyl (C=O) groups is 2. The van der Waals surface area contributed by atoms with Crippen LogP contribution in [0.5, 0.6) is 17.2 Å². The number of esters is 1. The van der Waals surface area contributed by atoms with Gasteiger partial charge in [-0.15, -0.1) is 0 Å². The van der Waals surface area contributed by atoms with Crippen LogP contribution in [0, 0.1) is 0 Å². The van der Waals surface area contributed by atoms with E-state index in [0.717, 1.165) is 0 Å². The summed E-state index contributed by atoms with van der Waals surface area (Å²) in [5, 5.41) is 3.05. The minimum atomic E-state index is -0.983. The average Bonchev–Trinajstić information content (AvgIpc) is 3.15. The quantitative estimate of drug-likeness (QED) is 0.585. The van der Waals surface area contributed by atoms with Gasteiger partial charge in [-0.3, -0.25) is 4.79 Å². The van der Waals surface area contributed by atoms with Crippen molar-refractivity contribution in [2.24, 2.45) is 0 Å². The summed E-state index contributed by atoms with van der Waals surface area (Å²) in [5.74, 6) is 0.465. The number of rotatable bonds is 6. The summed E-state index contributed by atoms with van der Waals surface area (Å²) in [6.45, 7) is 1.59. The van der Waals surface area contributed by atoms with Gasteiger partial charge in [-0.2, -0.15) is 0 Å². The largest absolute Gasteiger partial charge is 0.497 e. The average molecular weight is 404 g/mol. The molecule has 146 valence electrons. The third-order valence-corrected chi connectivity index (χ3v) is 4.14. The highest BCUT2D eigenvalue weighted by Crippen LogP contribution is 2.40. The fourth-order valence-electron chi connectivity index (χ4n) is 2.46. The molecule has 0 spiro atoms. The molecule has 2 aromatic carbocycles. The van der Waals surface area contributed by atoms with E-state index < -0.39 is 18.0 Å². The Hall–Kier alpha value is -3.19.